The zero-order chi connectivity index (χ0) is 29.4. The first-order chi connectivity index (χ1) is 17.8. The number of nitrogens with two attached hydrogens (primary N) is 3. The molecule has 0 aromatic heterocycles. The number of rotatable bonds is 19. The van der Waals surface area contributed by atoms with E-state index in [0.717, 1.165) is 0 Å². The molecular weight excluding hydrogens is 546 g/mol. The number of amides is 6. The molecule has 0 fully saturated rings. The van der Waals surface area contributed by atoms with Crippen molar-refractivity contribution in [3.8, 4) is 0 Å². The number of carboxylic acids is 1. The molecule has 0 bridgehead atoms. The number of nitrogens with one attached hydrogen (secondary N) is 4. The zero-order valence-electron chi connectivity index (χ0n) is 20.7. The molecule has 0 saturated heterocycles. The van der Waals surface area contributed by atoms with Gasteiger partial charge in [0, 0.05) is 12.2 Å². The molecule has 0 aromatic rings. The molecule has 0 spiro atoms. The molecule has 0 aliphatic carbocycles. The molecule has 216 valence electrons. The van der Waals surface area contributed by atoms with Crippen molar-refractivity contribution in [3.63, 3.8) is 0 Å². The maximum absolute atomic E-state index is 12.9. The minimum absolute atomic E-state index is 0.179. The minimum atomic E-state index is -1.73. The summed E-state index contributed by atoms with van der Waals surface area (Å²) in [6.45, 7) is -0.979. The summed E-state index contributed by atoms with van der Waals surface area (Å²) in [7, 11) is 0. The molecule has 16 nitrogen and oxygen atoms in total. The Balaban J connectivity index is 5.65. The van der Waals surface area contributed by atoms with Crippen molar-refractivity contribution in [3.05, 3.63) is 0 Å². The maximum Gasteiger partial charge on any atom is 0.328 e. The second-order valence-corrected chi connectivity index (χ2v) is 9.36. The zero-order valence-corrected chi connectivity index (χ0v) is 22.4. The molecule has 0 saturated carbocycles. The van der Waals surface area contributed by atoms with E-state index in [1.807, 2.05) is 11.6 Å². The molecule has 0 rings (SSSR count). The van der Waals surface area contributed by atoms with E-state index < -0.39 is 84.6 Å². The van der Waals surface area contributed by atoms with Crippen LogP contribution in [0.5, 0.6) is 0 Å². The largest absolute Gasteiger partial charge is 0.480 e. The van der Waals surface area contributed by atoms with Crippen LogP contribution in [0, 0.1) is 0 Å². The second-order valence-electron chi connectivity index (χ2n) is 8.01. The smallest absolute Gasteiger partial charge is 0.328 e. The SMILES string of the molecule is CSCC[C@H](N)C(=O)N[C@@H](CS)C(=O)N[C@@H](CCC(N)=O)C(=O)N[C@@H](CC(N)=O)C(=O)N[C@@H](CO)C(=O)O. The van der Waals surface area contributed by atoms with Crippen molar-refractivity contribution in [2.45, 2.75) is 55.9 Å². The average molecular weight is 582 g/mol. The monoisotopic (exact) mass is 581 g/mol. The Labute approximate surface area is 228 Å². The lowest BCUT2D eigenvalue weighted by Crippen LogP contribution is -2.59. The third kappa shape index (κ3) is 13.5. The second kappa shape index (κ2) is 18.2. The van der Waals surface area contributed by atoms with Gasteiger partial charge in [0.1, 0.15) is 24.2 Å². The highest BCUT2D eigenvalue weighted by Crippen LogP contribution is 2.04. The summed E-state index contributed by atoms with van der Waals surface area (Å²) in [6.07, 6.45) is 0.733. The van der Waals surface area contributed by atoms with Crippen LogP contribution in [-0.2, 0) is 33.6 Å². The Bertz CT molecular complexity index is 878. The number of hydrogen-bond donors (Lipinski definition) is 10. The van der Waals surface area contributed by atoms with Gasteiger partial charge in [-0.3, -0.25) is 28.8 Å². The number of thiol groups is 1. The van der Waals surface area contributed by atoms with Crippen LogP contribution < -0.4 is 38.5 Å². The van der Waals surface area contributed by atoms with Crippen LogP contribution in [0.1, 0.15) is 25.7 Å². The Morgan fingerprint density at radius 3 is 1.76 bits per heavy atom. The predicted molar refractivity (Wildman–Crippen MR) is 140 cm³/mol. The van der Waals surface area contributed by atoms with Gasteiger partial charge in [-0.2, -0.15) is 24.4 Å². The van der Waals surface area contributed by atoms with Crippen molar-refractivity contribution < 1.29 is 43.8 Å². The predicted octanol–water partition coefficient (Wildman–Crippen LogP) is -4.85. The first kappa shape index (κ1) is 34.9. The van der Waals surface area contributed by atoms with Crippen LogP contribution in [0.3, 0.4) is 0 Å². The van der Waals surface area contributed by atoms with Crippen LogP contribution in [0.4, 0.5) is 0 Å². The summed E-state index contributed by atoms with van der Waals surface area (Å²) in [5.74, 6) is -6.68. The molecule has 38 heavy (non-hydrogen) atoms. The Morgan fingerprint density at radius 1 is 0.789 bits per heavy atom. The third-order valence-corrected chi connectivity index (χ3v) is 5.94. The lowest BCUT2D eigenvalue weighted by molar-refractivity contribution is -0.143. The van der Waals surface area contributed by atoms with Crippen LogP contribution >= 0.6 is 24.4 Å². The fourth-order valence-electron chi connectivity index (χ4n) is 2.82. The van der Waals surface area contributed by atoms with Gasteiger partial charge in [-0.05, 0) is 24.9 Å². The molecule has 12 N–H and O–H groups in total. The van der Waals surface area contributed by atoms with Gasteiger partial charge >= 0.3 is 5.97 Å². The number of carbonyl (C=O) groups excluding carboxylic acids is 6. The molecule has 0 aliphatic rings. The fourth-order valence-corrected chi connectivity index (χ4v) is 3.56. The molecule has 0 aromatic carbocycles. The molecule has 0 unspecified atom stereocenters. The number of hydrogen-bond acceptors (Lipinski definition) is 11. The van der Waals surface area contributed by atoms with E-state index in [1.54, 1.807) is 0 Å². The van der Waals surface area contributed by atoms with E-state index in [0.29, 0.717) is 12.2 Å². The highest BCUT2D eigenvalue weighted by atomic mass is 32.2. The Morgan fingerprint density at radius 2 is 1.29 bits per heavy atom. The van der Waals surface area contributed by atoms with Crippen molar-refractivity contribution >= 4 is 65.8 Å². The summed E-state index contributed by atoms with van der Waals surface area (Å²) in [4.78, 5) is 84.3. The van der Waals surface area contributed by atoms with Crippen LogP contribution in [-0.4, -0.2) is 106 Å². The van der Waals surface area contributed by atoms with Crippen LogP contribution in [0.25, 0.3) is 0 Å². The van der Waals surface area contributed by atoms with E-state index in [4.69, 9.17) is 27.4 Å². The van der Waals surface area contributed by atoms with Crippen molar-refractivity contribution in [1.29, 1.82) is 0 Å². The van der Waals surface area contributed by atoms with E-state index in [-0.39, 0.29) is 18.6 Å². The molecule has 0 radical (unpaired) electrons. The van der Waals surface area contributed by atoms with Gasteiger partial charge in [-0.25, -0.2) is 4.79 Å². The quantitative estimate of drug-likeness (QED) is 0.0645. The number of carbonyl (C=O) groups is 7. The lowest BCUT2D eigenvalue weighted by atomic mass is 10.1. The topological polar surface area (TPSA) is 286 Å². The summed E-state index contributed by atoms with van der Waals surface area (Å²) >= 11 is 5.52. The van der Waals surface area contributed by atoms with Gasteiger partial charge in [-0.1, -0.05) is 0 Å². The molecule has 5 atom stereocenters. The van der Waals surface area contributed by atoms with E-state index in [2.05, 4.69) is 28.6 Å². The standard InChI is InChI=1S/C20H35N7O9S2/c1-38-5-4-9(21)16(31)27-13(8-37)19(34)24-10(2-3-14(22)29)17(32)25-11(6-15(23)30)18(33)26-12(7-28)20(35)36/h9-13,28,37H,2-8,21H2,1H3,(H2,22,29)(H2,23,30)(H,24,34)(H,25,32)(H,26,33)(H,27,31)(H,35,36)/t9-,10-,11-,12-,13-/m0/s1. The summed E-state index contributed by atoms with van der Waals surface area (Å²) in [5, 5.41) is 27.0. The normalized spacial score (nSPS) is 14.6. The Hall–Kier alpha value is -3.09. The number of carboxylic acid groups (broad SMARTS) is 1. The van der Waals surface area contributed by atoms with Gasteiger partial charge < -0.3 is 48.7 Å². The van der Waals surface area contributed by atoms with Gasteiger partial charge in [0.05, 0.1) is 19.1 Å². The maximum atomic E-state index is 12.9. The highest BCUT2D eigenvalue weighted by molar-refractivity contribution is 7.98. The van der Waals surface area contributed by atoms with E-state index in [9.17, 15) is 33.6 Å². The van der Waals surface area contributed by atoms with Gasteiger partial charge in [0.15, 0.2) is 0 Å². The Kier molecular flexibility index (Phi) is 16.7. The molecule has 6 amide bonds. The highest BCUT2D eigenvalue weighted by Gasteiger charge is 2.32. The molecular formula is C20H35N7O9S2. The van der Waals surface area contributed by atoms with Gasteiger partial charge in [0.25, 0.3) is 0 Å². The van der Waals surface area contributed by atoms with Gasteiger partial charge in [0.2, 0.25) is 35.4 Å². The number of aliphatic carboxylic acids is 1. The van der Waals surface area contributed by atoms with Crippen molar-refractivity contribution in [1.82, 2.24) is 21.3 Å². The van der Waals surface area contributed by atoms with Crippen LogP contribution in [0.15, 0.2) is 0 Å². The molecule has 0 heterocycles. The van der Waals surface area contributed by atoms with Crippen molar-refractivity contribution in [2.24, 2.45) is 17.2 Å². The molecule has 18 heteroatoms. The lowest BCUT2D eigenvalue weighted by Gasteiger charge is -2.25. The van der Waals surface area contributed by atoms with Crippen molar-refractivity contribution in [2.75, 3.05) is 24.4 Å². The summed E-state index contributed by atoms with van der Waals surface area (Å²) < 4.78 is 0. The number of aliphatic hydroxyl groups is 1. The van der Waals surface area contributed by atoms with Gasteiger partial charge in [-0.15, -0.1) is 0 Å². The minimum Gasteiger partial charge on any atom is -0.480 e. The average Bonchev–Trinajstić information content (AvgIpc) is 2.84. The number of primary amides is 2. The third-order valence-electron chi connectivity index (χ3n) is 4.93. The first-order valence-corrected chi connectivity index (χ1v) is 13.3. The van der Waals surface area contributed by atoms with Crippen LogP contribution in [0.2, 0.25) is 0 Å². The fraction of sp³-hybridized carbons (Fsp3) is 0.650. The first-order valence-electron chi connectivity index (χ1n) is 11.2. The van der Waals surface area contributed by atoms with E-state index >= 15 is 0 Å². The number of aliphatic hydroxyl groups excluding tert-OH is 1. The summed E-state index contributed by atoms with van der Waals surface area (Å²) in [5.41, 5.74) is 16.1. The number of thioether (sulfide) groups is 1. The molecule has 0 aliphatic heterocycles. The summed E-state index contributed by atoms with van der Waals surface area (Å²) in [6, 6.07) is -7.01. The van der Waals surface area contributed by atoms with E-state index in [1.165, 1.54) is 11.8 Å².